The van der Waals surface area contributed by atoms with Crippen molar-refractivity contribution in [3.63, 3.8) is 0 Å². The van der Waals surface area contributed by atoms with E-state index in [1.165, 1.54) is 11.3 Å². The maximum atomic E-state index is 12.2. The number of rotatable bonds is 4. The van der Waals surface area contributed by atoms with Crippen LogP contribution in [-0.4, -0.2) is 41.2 Å². The molecule has 0 bridgehead atoms. The minimum absolute atomic E-state index is 0.119. The van der Waals surface area contributed by atoms with Crippen LogP contribution < -0.4 is 10.2 Å². The lowest BCUT2D eigenvalue weighted by molar-refractivity contribution is 0.0255. The predicted molar refractivity (Wildman–Crippen MR) is 92.0 cm³/mol. The zero-order valence-electron chi connectivity index (χ0n) is 13.2. The molecular formula is C17H21N3O2S. The summed E-state index contributed by atoms with van der Waals surface area (Å²) in [6.07, 6.45) is 3.31. The Morgan fingerprint density at radius 1 is 1.52 bits per heavy atom. The van der Waals surface area contributed by atoms with Crippen molar-refractivity contribution in [1.82, 2.24) is 10.3 Å². The van der Waals surface area contributed by atoms with Gasteiger partial charge in [-0.1, -0.05) is 6.07 Å². The number of carbonyl (C=O) groups excluding carboxylic acids is 1. The van der Waals surface area contributed by atoms with Gasteiger partial charge in [0.1, 0.15) is 5.82 Å². The van der Waals surface area contributed by atoms with Gasteiger partial charge in [0.2, 0.25) is 0 Å². The van der Waals surface area contributed by atoms with Crippen LogP contribution in [-0.2, 0) is 0 Å². The quantitative estimate of drug-likeness (QED) is 0.901. The minimum Gasteiger partial charge on any atom is -0.386 e. The van der Waals surface area contributed by atoms with Crippen LogP contribution in [0.5, 0.6) is 0 Å². The second-order valence-corrected chi connectivity index (χ2v) is 7.02. The number of hydrogen-bond donors (Lipinski definition) is 2. The first-order valence-corrected chi connectivity index (χ1v) is 8.65. The fourth-order valence-electron chi connectivity index (χ4n) is 2.88. The second kappa shape index (κ2) is 6.68. The second-order valence-electron chi connectivity index (χ2n) is 6.11. The van der Waals surface area contributed by atoms with Gasteiger partial charge in [0.15, 0.2) is 0 Å². The molecule has 1 aliphatic rings. The SMILES string of the molecule is Cc1csc(C(=O)NCC2(O)CCCN(c3ccccn3)C2)c1. The Labute approximate surface area is 140 Å². The van der Waals surface area contributed by atoms with E-state index in [9.17, 15) is 9.90 Å². The summed E-state index contributed by atoms with van der Waals surface area (Å²) >= 11 is 1.43. The van der Waals surface area contributed by atoms with Gasteiger partial charge >= 0.3 is 0 Å². The van der Waals surface area contributed by atoms with Gasteiger partial charge in [-0.25, -0.2) is 4.98 Å². The van der Waals surface area contributed by atoms with Crippen LogP contribution in [0.2, 0.25) is 0 Å². The molecule has 5 nitrogen and oxygen atoms in total. The van der Waals surface area contributed by atoms with Crippen molar-refractivity contribution in [2.24, 2.45) is 0 Å². The lowest BCUT2D eigenvalue weighted by Gasteiger charge is -2.39. The van der Waals surface area contributed by atoms with Gasteiger partial charge in [-0.15, -0.1) is 11.3 Å². The molecule has 1 aliphatic heterocycles. The van der Waals surface area contributed by atoms with Gasteiger partial charge < -0.3 is 15.3 Å². The monoisotopic (exact) mass is 331 g/mol. The number of nitrogens with one attached hydrogen (secondary N) is 1. The number of piperidine rings is 1. The summed E-state index contributed by atoms with van der Waals surface area (Å²) < 4.78 is 0. The van der Waals surface area contributed by atoms with Crippen LogP contribution in [0, 0.1) is 6.92 Å². The van der Waals surface area contributed by atoms with Gasteiger partial charge in [-0.05, 0) is 48.9 Å². The van der Waals surface area contributed by atoms with Crippen LogP contribution in [0.15, 0.2) is 35.8 Å². The summed E-state index contributed by atoms with van der Waals surface area (Å²) in [5.41, 5.74) is 0.162. The first kappa shape index (κ1) is 16.0. The highest BCUT2D eigenvalue weighted by molar-refractivity contribution is 7.12. The van der Waals surface area contributed by atoms with E-state index in [1.54, 1.807) is 6.20 Å². The van der Waals surface area contributed by atoms with Gasteiger partial charge in [0, 0.05) is 25.8 Å². The zero-order chi connectivity index (χ0) is 16.3. The van der Waals surface area contributed by atoms with Crippen molar-refractivity contribution in [2.45, 2.75) is 25.4 Å². The smallest absolute Gasteiger partial charge is 0.261 e. The number of carbonyl (C=O) groups is 1. The molecule has 2 aromatic heterocycles. The molecule has 3 heterocycles. The number of nitrogens with zero attached hydrogens (tertiary/aromatic N) is 2. The first-order valence-electron chi connectivity index (χ1n) is 7.77. The van der Waals surface area contributed by atoms with E-state index in [0.717, 1.165) is 24.3 Å². The molecule has 2 aromatic rings. The molecule has 6 heteroatoms. The van der Waals surface area contributed by atoms with Crippen LogP contribution in [0.3, 0.4) is 0 Å². The summed E-state index contributed by atoms with van der Waals surface area (Å²) in [4.78, 5) is 19.3. The Morgan fingerprint density at radius 2 is 2.39 bits per heavy atom. The fourth-order valence-corrected chi connectivity index (χ4v) is 3.69. The molecule has 23 heavy (non-hydrogen) atoms. The highest BCUT2D eigenvalue weighted by Gasteiger charge is 2.34. The first-order chi connectivity index (χ1) is 11.1. The summed E-state index contributed by atoms with van der Waals surface area (Å²) in [7, 11) is 0. The van der Waals surface area contributed by atoms with Crippen molar-refractivity contribution >= 4 is 23.1 Å². The molecule has 1 saturated heterocycles. The summed E-state index contributed by atoms with van der Waals surface area (Å²) in [6.45, 7) is 3.57. The number of aryl methyl sites for hydroxylation is 1. The number of hydrogen-bond acceptors (Lipinski definition) is 5. The molecule has 0 aliphatic carbocycles. The van der Waals surface area contributed by atoms with E-state index >= 15 is 0 Å². The minimum atomic E-state index is -0.919. The number of pyridine rings is 1. The molecule has 2 N–H and O–H groups in total. The average molecular weight is 331 g/mol. The Morgan fingerprint density at radius 3 is 3.09 bits per heavy atom. The third-order valence-electron chi connectivity index (χ3n) is 4.06. The molecule has 0 radical (unpaired) electrons. The van der Waals surface area contributed by atoms with Crippen molar-refractivity contribution < 1.29 is 9.90 Å². The number of thiophene rings is 1. The topological polar surface area (TPSA) is 65.5 Å². The Hall–Kier alpha value is -1.92. The predicted octanol–water partition coefficient (Wildman–Crippen LogP) is 2.21. The molecule has 0 saturated carbocycles. The van der Waals surface area contributed by atoms with Crippen molar-refractivity contribution in [2.75, 3.05) is 24.5 Å². The maximum Gasteiger partial charge on any atom is 0.261 e. The van der Waals surface area contributed by atoms with Crippen molar-refractivity contribution in [3.8, 4) is 0 Å². The van der Waals surface area contributed by atoms with E-state index < -0.39 is 5.60 Å². The van der Waals surface area contributed by atoms with E-state index in [1.807, 2.05) is 36.6 Å². The third-order valence-corrected chi connectivity index (χ3v) is 5.11. The Bertz CT molecular complexity index is 673. The number of aliphatic hydroxyl groups is 1. The van der Waals surface area contributed by atoms with Crippen LogP contribution in [0.25, 0.3) is 0 Å². The van der Waals surface area contributed by atoms with Crippen LogP contribution in [0.1, 0.15) is 28.1 Å². The average Bonchev–Trinajstić information content (AvgIpc) is 3.00. The standard InChI is InChI=1S/C17H21N3O2S/c1-13-9-14(23-10-13)16(21)19-11-17(22)6-4-8-20(12-17)15-5-2-3-7-18-15/h2-3,5,7,9-10,22H,4,6,8,11-12H2,1H3,(H,19,21). The van der Waals surface area contributed by atoms with Gasteiger partial charge in [-0.3, -0.25) is 4.79 Å². The van der Waals surface area contributed by atoms with E-state index in [0.29, 0.717) is 17.8 Å². The van der Waals surface area contributed by atoms with E-state index in [2.05, 4.69) is 15.2 Å². The molecule has 3 rings (SSSR count). The van der Waals surface area contributed by atoms with Gasteiger partial charge in [0.05, 0.1) is 10.5 Å². The number of amides is 1. The largest absolute Gasteiger partial charge is 0.386 e. The number of β-amino-alcohol motifs (C(OH)–C–C–N with tert-alkyl or cyclic N) is 1. The summed E-state index contributed by atoms with van der Waals surface area (Å²) in [5, 5.41) is 15.6. The summed E-state index contributed by atoms with van der Waals surface area (Å²) in [6, 6.07) is 7.63. The molecule has 1 unspecified atom stereocenters. The van der Waals surface area contributed by atoms with E-state index in [4.69, 9.17) is 0 Å². The fraction of sp³-hybridized carbons (Fsp3) is 0.412. The molecule has 1 atom stereocenters. The number of anilines is 1. The Balaban J connectivity index is 1.61. The zero-order valence-corrected chi connectivity index (χ0v) is 14.0. The van der Waals surface area contributed by atoms with Crippen LogP contribution >= 0.6 is 11.3 Å². The molecule has 0 spiro atoms. The molecule has 0 aromatic carbocycles. The summed E-state index contributed by atoms with van der Waals surface area (Å²) in [5.74, 6) is 0.748. The highest BCUT2D eigenvalue weighted by Crippen LogP contribution is 2.24. The number of aromatic nitrogens is 1. The van der Waals surface area contributed by atoms with Gasteiger partial charge in [-0.2, -0.15) is 0 Å². The molecule has 1 fully saturated rings. The Kier molecular flexibility index (Phi) is 4.63. The molecular weight excluding hydrogens is 310 g/mol. The van der Waals surface area contributed by atoms with E-state index in [-0.39, 0.29) is 12.5 Å². The molecule has 1 amide bonds. The highest BCUT2D eigenvalue weighted by atomic mass is 32.1. The molecule has 122 valence electrons. The third kappa shape index (κ3) is 3.89. The lowest BCUT2D eigenvalue weighted by Crippen LogP contribution is -2.54. The maximum absolute atomic E-state index is 12.2. The van der Waals surface area contributed by atoms with Gasteiger partial charge in [0.25, 0.3) is 5.91 Å². The van der Waals surface area contributed by atoms with Crippen molar-refractivity contribution in [3.05, 3.63) is 46.3 Å². The normalized spacial score (nSPS) is 21.2. The van der Waals surface area contributed by atoms with Crippen LogP contribution in [0.4, 0.5) is 5.82 Å². The van der Waals surface area contributed by atoms with Crippen molar-refractivity contribution in [1.29, 1.82) is 0 Å². The lowest BCUT2D eigenvalue weighted by atomic mass is 9.92.